The summed E-state index contributed by atoms with van der Waals surface area (Å²) in [5.74, 6) is -1.72. The number of halogens is 2. The van der Waals surface area contributed by atoms with Gasteiger partial charge in [0.1, 0.15) is 17.2 Å². The Morgan fingerprint density at radius 2 is 1.97 bits per heavy atom. The summed E-state index contributed by atoms with van der Waals surface area (Å²) in [6.07, 6.45) is 0.220. The van der Waals surface area contributed by atoms with E-state index in [0.717, 1.165) is 16.6 Å². The van der Waals surface area contributed by atoms with Gasteiger partial charge < -0.3 is 14.2 Å². The monoisotopic (exact) mass is 470 g/mol. The summed E-state index contributed by atoms with van der Waals surface area (Å²) in [7, 11) is 3.16. The van der Waals surface area contributed by atoms with Crippen LogP contribution in [0.2, 0.25) is 0 Å². The van der Waals surface area contributed by atoms with Crippen molar-refractivity contribution >= 4 is 17.7 Å². The number of benzene rings is 2. The first-order valence-electron chi connectivity index (χ1n) is 10.5. The number of para-hydroxylation sites is 1. The second-order valence-corrected chi connectivity index (χ2v) is 9.22. The Kier molecular flexibility index (Phi) is 6.67. The average Bonchev–Trinajstić information content (AvgIpc) is 2.94. The second kappa shape index (κ2) is 9.49. The quantitative estimate of drug-likeness (QED) is 0.550. The molecule has 0 radical (unpaired) electrons. The van der Waals surface area contributed by atoms with Gasteiger partial charge >= 0.3 is 0 Å². The number of amides is 1. The zero-order valence-electron chi connectivity index (χ0n) is 18.6. The standard InChI is InChI=1S/C25H24F2N2O3S/c1-15-12-21(30)24(25(31)28(2)10-11-32-3)20-14-23(17-9-8-16(26)13-18(17)27)33-22-7-5-4-6-19(22)29(15)20/h4-9,12-13,23H,10-11,14H2,1-3H3/t23-/m0/s1. The molecular weight excluding hydrogens is 446 g/mol. The highest BCUT2D eigenvalue weighted by Gasteiger charge is 2.31. The van der Waals surface area contributed by atoms with Crippen LogP contribution in [0.5, 0.6) is 0 Å². The molecule has 0 saturated heterocycles. The van der Waals surface area contributed by atoms with Gasteiger partial charge in [-0.05, 0) is 25.1 Å². The molecule has 33 heavy (non-hydrogen) atoms. The fraction of sp³-hybridized carbons (Fsp3) is 0.280. The fourth-order valence-corrected chi connectivity index (χ4v) is 5.42. The van der Waals surface area contributed by atoms with Gasteiger partial charge in [0.25, 0.3) is 5.91 Å². The smallest absolute Gasteiger partial charge is 0.259 e. The van der Waals surface area contributed by atoms with Crippen molar-refractivity contribution in [2.45, 2.75) is 23.5 Å². The van der Waals surface area contributed by atoms with Crippen LogP contribution in [0.15, 0.2) is 58.2 Å². The van der Waals surface area contributed by atoms with E-state index in [1.807, 2.05) is 35.8 Å². The van der Waals surface area contributed by atoms with Crippen molar-refractivity contribution in [2.24, 2.45) is 0 Å². The lowest BCUT2D eigenvalue weighted by molar-refractivity contribution is 0.0741. The molecule has 172 valence electrons. The molecule has 1 amide bonds. The third-order valence-electron chi connectivity index (χ3n) is 5.75. The van der Waals surface area contributed by atoms with E-state index in [1.165, 1.54) is 34.9 Å². The van der Waals surface area contributed by atoms with E-state index in [9.17, 15) is 18.4 Å². The molecule has 0 N–H and O–H groups in total. The second-order valence-electron chi connectivity index (χ2n) is 7.97. The number of likely N-dealkylation sites (N-methyl/N-ethyl adjacent to an activating group) is 1. The molecule has 0 spiro atoms. The summed E-state index contributed by atoms with van der Waals surface area (Å²) >= 11 is 1.43. The topological polar surface area (TPSA) is 51.5 Å². The van der Waals surface area contributed by atoms with Gasteiger partial charge in [0.05, 0.1) is 12.3 Å². The van der Waals surface area contributed by atoms with Gasteiger partial charge in [-0.15, -0.1) is 11.8 Å². The van der Waals surface area contributed by atoms with Crippen molar-refractivity contribution in [3.63, 3.8) is 0 Å². The number of methoxy groups -OCH3 is 1. The number of carbonyl (C=O) groups excluding carboxylic acids is 1. The Morgan fingerprint density at radius 1 is 1.21 bits per heavy atom. The van der Waals surface area contributed by atoms with E-state index in [2.05, 4.69) is 0 Å². The molecule has 1 aliphatic heterocycles. The number of fused-ring (bicyclic) bond motifs is 3. The minimum absolute atomic E-state index is 0.0593. The van der Waals surface area contributed by atoms with E-state index in [0.29, 0.717) is 30.1 Å². The summed E-state index contributed by atoms with van der Waals surface area (Å²) in [6.45, 7) is 2.47. The zero-order chi connectivity index (χ0) is 23.7. The molecule has 0 bridgehead atoms. The Balaban J connectivity index is 1.94. The maximum Gasteiger partial charge on any atom is 0.259 e. The SMILES string of the molecule is COCCN(C)C(=O)c1c2n(c(C)cc1=O)-c1ccccc1S[C@H](c1ccc(F)cc1F)C2. The highest BCUT2D eigenvalue weighted by Crippen LogP contribution is 2.45. The van der Waals surface area contributed by atoms with E-state index in [-0.39, 0.29) is 17.4 Å². The van der Waals surface area contributed by atoms with Crippen LogP contribution in [0.3, 0.4) is 0 Å². The van der Waals surface area contributed by atoms with Gasteiger partial charge in [0, 0.05) is 66.4 Å². The molecule has 1 aromatic heterocycles. The maximum atomic E-state index is 14.8. The number of carbonyl (C=O) groups is 1. The molecule has 3 aromatic rings. The van der Waals surface area contributed by atoms with Crippen LogP contribution in [0, 0.1) is 18.6 Å². The van der Waals surface area contributed by atoms with Crippen LogP contribution in [-0.4, -0.2) is 42.7 Å². The number of hydrogen-bond donors (Lipinski definition) is 0. The molecule has 1 atom stereocenters. The number of aromatic nitrogens is 1. The van der Waals surface area contributed by atoms with Crippen molar-refractivity contribution in [3.8, 4) is 5.69 Å². The average molecular weight is 471 g/mol. The van der Waals surface area contributed by atoms with Gasteiger partial charge in [-0.3, -0.25) is 9.59 Å². The first-order chi connectivity index (χ1) is 15.8. The van der Waals surface area contributed by atoms with Gasteiger partial charge in [0.15, 0.2) is 5.43 Å². The summed E-state index contributed by atoms with van der Waals surface area (Å²) < 4.78 is 35.4. The Hall–Kier alpha value is -2.97. The lowest BCUT2D eigenvalue weighted by Crippen LogP contribution is -2.36. The summed E-state index contributed by atoms with van der Waals surface area (Å²) in [4.78, 5) is 28.8. The fourth-order valence-electron chi connectivity index (χ4n) is 4.12. The number of pyridine rings is 1. The summed E-state index contributed by atoms with van der Waals surface area (Å²) in [5.41, 5.74) is 2.01. The first-order valence-corrected chi connectivity index (χ1v) is 11.4. The number of ether oxygens (including phenoxy) is 1. The lowest BCUT2D eigenvalue weighted by Gasteiger charge is -2.23. The predicted molar refractivity (Wildman–Crippen MR) is 124 cm³/mol. The molecule has 2 heterocycles. The molecule has 1 aliphatic rings. The van der Waals surface area contributed by atoms with E-state index in [4.69, 9.17) is 4.74 Å². The lowest BCUT2D eigenvalue weighted by atomic mass is 10.0. The maximum absolute atomic E-state index is 14.8. The van der Waals surface area contributed by atoms with Crippen LogP contribution in [0.4, 0.5) is 8.78 Å². The molecular formula is C25H24F2N2O3S. The van der Waals surface area contributed by atoms with Gasteiger partial charge in [-0.25, -0.2) is 8.78 Å². The highest BCUT2D eigenvalue weighted by atomic mass is 32.2. The molecule has 0 aliphatic carbocycles. The largest absolute Gasteiger partial charge is 0.383 e. The molecule has 5 nitrogen and oxygen atoms in total. The summed E-state index contributed by atoms with van der Waals surface area (Å²) in [6, 6.07) is 12.6. The number of hydrogen-bond acceptors (Lipinski definition) is 4. The summed E-state index contributed by atoms with van der Waals surface area (Å²) in [5, 5.41) is -0.461. The highest BCUT2D eigenvalue weighted by molar-refractivity contribution is 7.99. The van der Waals surface area contributed by atoms with E-state index >= 15 is 0 Å². The van der Waals surface area contributed by atoms with Crippen molar-refractivity contribution in [2.75, 3.05) is 27.3 Å². The van der Waals surface area contributed by atoms with Crippen molar-refractivity contribution in [1.82, 2.24) is 9.47 Å². The molecule has 0 fully saturated rings. The number of aryl methyl sites for hydroxylation is 1. The van der Waals surface area contributed by atoms with Crippen molar-refractivity contribution < 1.29 is 18.3 Å². The molecule has 4 rings (SSSR count). The first kappa shape index (κ1) is 23.2. The normalized spacial score (nSPS) is 14.9. The van der Waals surface area contributed by atoms with Crippen LogP contribution < -0.4 is 5.43 Å². The van der Waals surface area contributed by atoms with Crippen molar-refractivity contribution in [1.29, 1.82) is 0 Å². The van der Waals surface area contributed by atoms with E-state index < -0.39 is 22.8 Å². The molecule has 2 aromatic carbocycles. The van der Waals surface area contributed by atoms with Gasteiger partial charge in [-0.2, -0.15) is 0 Å². The Labute approximate surface area is 195 Å². The third-order valence-corrected chi connectivity index (χ3v) is 7.06. The number of rotatable bonds is 5. The molecule has 0 unspecified atom stereocenters. The minimum atomic E-state index is -0.654. The molecule has 0 saturated carbocycles. The Bertz CT molecular complexity index is 1270. The van der Waals surface area contributed by atoms with Crippen LogP contribution >= 0.6 is 11.8 Å². The van der Waals surface area contributed by atoms with Gasteiger partial charge in [0.2, 0.25) is 0 Å². The van der Waals surface area contributed by atoms with E-state index in [1.54, 1.807) is 14.2 Å². The Morgan fingerprint density at radius 3 is 2.70 bits per heavy atom. The van der Waals surface area contributed by atoms with Crippen LogP contribution in [-0.2, 0) is 11.2 Å². The minimum Gasteiger partial charge on any atom is -0.383 e. The zero-order valence-corrected chi connectivity index (χ0v) is 19.4. The predicted octanol–water partition coefficient (Wildman–Crippen LogP) is 4.53. The van der Waals surface area contributed by atoms with Crippen molar-refractivity contribution in [3.05, 3.63) is 92.9 Å². The third kappa shape index (κ3) is 4.45. The molecule has 8 heteroatoms. The van der Waals surface area contributed by atoms with Crippen LogP contribution in [0.1, 0.15) is 32.6 Å². The number of thioether (sulfide) groups is 1. The number of nitrogens with zero attached hydrogens (tertiary/aromatic N) is 2. The van der Waals surface area contributed by atoms with Gasteiger partial charge in [-0.1, -0.05) is 18.2 Å². The van der Waals surface area contributed by atoms with Crippen LogP contribution in [0.25, 0.3) is 5.69 Å².